The van der Waals surface area contributed by atoms with E-state index in [0.29, 0.717) is 33.9 Å². The summed E-state index contributed by atoms with van der Waals surface area (Å²) in [5, 5.41) is 17.1. The van der Waals surface area contributed by atoms with E-state index in [0.717, 1.165) is 11.5 Å². The first-order valence-corrected chi connectivity index (χ1v) is 11.8. The number of carbonyl (C=O) groups excluding carboxylic acids is 1. The highest BCUT2D eigenvalue weighted by atomic mass is 35.5. The minimum Gasteiger partial charge on any atom is -0.378 e. The number of hydrogen-bond donors (Lipinski definition) is 2. The van der Waals surface area contributed by atoms with Crippen molar-refractivity contribution in [1.82, 2.24) is 20.2 Å². The van der Waals surface area contributed by atoms with Crippen molar-refractivity contribution in [2.45, 2.75) is 37.3 Å². The first kappa shape index (κ1) is 24.8. The quantitative estimate of drug-likeness (QED) is 0.169. The van der Waals surface area contributed by atoms with E-state index >= 15 is 0 Å². The number of aromatic nitrogens is 3. The Bertz CT molecular complexity index is 1150. The van der Waals surface area contributed by atoms with Crippen molar-refractivity contribution in [2.75, 3.05) is 5.32 Å². The molecule has 0 aliphatic heterocycles. The number of halogens is 2. The third kappa shape index (κ3) is 7.08. The van der Waals surface area contributed by atoms with Crippen LogP contribution in [0.1, 0.15) is 23.9 Å². The molecule has 1 atom stereocenters. The van der Waals surface area contributed by atoms with Gasteiger partial charge in [-0.15, -0.1) is 16.8 Å². The van der Waals surface area contributed by atoms with Crippen LogP contribution in [-0.2, 0) is 17.9 Å². The predicted octanol–water partition coefficient (Wildman–Crippen LogP) is 5.32. The molecule has 0 bridgehead atoms. The van der Waals surface area contributed by atoms with Gasteiger partial charge in [0.05, 0.1) is 23.0 Å². The Morgan fingerprint density at radius 1 is 1.24 bits per heavy atom. The van der Waals surface area contributed by atoms with E-state index in [1.807, 2.05) is 35.8 Å². The van der Waals surface area contributed by atoms with E-state index < -0.39 is 5.25 Å². The lowest BCUT2D eigenvalue weighted by Gasteiger charge is -2.12. The maximum atomic E-state index is 12.5. The van der Waals surface area contributed by atoms with Crippen molar-refractivity contribution in [3.05, 3.63) is 82.1 Å². The van der Waals surface area contributed by atoms with Crippen LogP contribution in [0.25, 0.3) is 0 Å². The van der Waals surface area contributed by atoms with Gasteiger partial charge in [0.1, 0.15) is 0 Å². The molecule has 1 heterocycles. The third-order valence-electron chi connectivity index (χ3n) is 4.60. The van der Waals surface area contributed by atoms with Crippen LogP contribution in [0, 0.1) is 6.92 Å². The van der Waals surface area contributed by atoms with Gasteiger partial charge in [-0.05, 0) is 38.1 Å². The summed E-state index contributed by atoms with van der Waals surface area (Å²) in [6, 6.07) is 13.2. The molecule has 0 saturated carbocycles. The number of hydrogen-bond acceptors (Lipinski definition) is 6. The molecular formula is C23H24Cl2N6OS. The Morgan fingerprint density at radius 3 is 2.70 bits per heavy atom. The zero-order chi connectivity index (χ0) is 23.8. The molecule has 7 nitrogen and oxygen atoms in total. The van der Waals surface area contributed by atoms with Gasteiger partial charge in [-0.25, -0.2) is 5.43 Å². The fraction of sp³-hybridized carbons (Fsp3) is 0.217. The van der Waals surface area contributed by atoms with Gasteiger partial charge in [0, 0.05) is 22.8 Å². The van der Waals surface area contributed by atoms with E-state index in [4.69, 9.17) is 23.2 Å². The van der Waals surface area contributed by atoms with Crippen LogP contribution in [-0.4, -0.2) is 32.1 Å². The summed E-state index contributed by atoms with van der Waals surface area (Å²) < 4.78 is 1.93. The van der Waals surface area contributed by atoms with Crippen molar-refractivity contribution in [1.29, 1.82) is 0 Å². The summed E-state index contributed by atoms with van der Waals surface area (Å²) >= 11 is 13.3. The number of rotatable bonds is 10. The van der Waals surface area contributed by atoms with Crippen molar-refractivity contribution < 1.29 is 4.79 Å². The lowest BCUT2D eigenvalue weighted by molar-refractivity contribution is -0.120. The molecule has 0 fully saturated rings. The van der Waals surface area contributed by atoms with Gasteiger partial charge in [-0.3, -0.25) is 4.79 Å². The first-order chi connectivity index (χ1) is 15.9. The summed E-state index contributed by atoms with van der Waals surface area (Å²) in [6.07, 6.45) is 3.25. The largest absolute Gasteiger partial charge is 0.378 e. The summed E-state index contributed by atoms with van der Waals surface area (Å²) in [5.74, 6) is 0.481. The highest BCUT2D eigenvalue weighted by molar-refractivity contribution is 8.00. The Labute approximate surface area is 207 Å². The number of anilines is 1. The van der Waals surface area contributed by atoms with Crippen LogP contribution in [0.2, 0.25) is 10.0 Å². The van der Waals surface area contributed by atoms with Gasteiger partial charge in [0.25, 0.3) is 5.91 Å². The summed E-state index contributed by atoms with van der Waals surface area (Å²) in [7, 11) is 0. The van der Waals surface area contributed by atoms with Crippen LogP contribution in [0.15, 0.2) is 65.4 Å². The van der Waals surface area contributed by atoms with E-state index in [1.165, 1.54) is 23.5 Å². The minimum atomic E-state index is -0.450. The monoisotopic (exact) mass is 502 g/mol. The summed E-state index contributed by atoms with van der Waals surface area (Å²) in [5.41, 5.74) is 5.37. The first-order valence-electron chi connectivity index (χ1n) is 10.2. The molecule has 2 N–H and O–H groups in total. The van der Waals surface area contributed by atoms with Crippen LogP contribution < -0.4 is 10.7 Å². The van der Waals surface area contributed by atoms with E-state index in [-0.39, 0.29) is 5.91 Å². The standard InChI is InChI=1S/C23H24Cl2N6OS/c1-4-11-31-21(14-26-19-9-5-15(2)6-10-19)28-30-23(31)33-16(3)22(32)29-27-13-17-7-8-18(24)12-20(17)25/h4-10,12-13,16,26H,1,11,14H2,2-3H3,(H,29,32). The number of aryl methyl sites for hydroxylation is 1. The smallest absolute Gasteiger partial charge is 0.253 e. The third-order valence-corrected chi connectivity index (χ3v) is 6.24. The van der Waals surface area contributed by atoms with Gasteiger partial charge in [-0.2, -0.15) is 5.10 Å². The second-order valence-corrected chi connectivity index (χ2v) is 9.33. The molecule has 172 valence electrons. The zero-order valence-corrected chi connectivity index (χ0v) is 20.6. The van der Waals surface area contributed by atoms with Gasteiger partial charge in [0.2, 0.25) is 0 Å². The number of carbonyl (C=O) groups is 1. The van der Waals surface area contributed by atoms with Gasteiger partial charge >= 0.3 is 0 Å². The lowest BCUT2D eigenvalue weighted by Crippen LogP contribution is -2.27. The molecule has 1 aromatic heterocycles. The second kappa shape index (κ2) is 11.9. The second-order valence-electron chi connectivity index (χ2n) is 7.18. The average molecular weight is 503 g/mol. The molecule has 0 aliphatic rings. The SMILES string of the molecule is C=CCn1c(CNc2ccc(C)cc2)nnc1SC(C)C(=O)NN=Cc1ccc(Cl)cc1Cl. The summed E-state index contributed by atoms with van der Waals surface area (Å²) in [6.45, 7) is 8.67. The van der Waals surface area contributed by atoms with Crippen LogP contribution >= 0.6 is 35.0 Å². The zero-order valence-electron chi connectivity index (χ0n) is 18.3. The van der Waals surface area contributed by atoms with E-state index in [2.05, 4.69) is 32.6 Å². The van der Waals surface area contributed by atoms with Gasteiger partial charge < -0.3 is 9.88 Å². The number of thioether (sulfide) groups is 1. The minimum absolute atomic E-state index is 0.270. The highest BCUT2D eigenvalue weighted by Gasteiger charge is 2.19. The summed E-state index contributed by atoms with van der Waals surface area (Å²) in [4.78, 5) is 12.5. The molecule has 1 unspecified atom stereocenters. The van der Waals surface area contributed by atoms with Crippen molar-refractivity contribution in [2.24, 2.45) is 5.10 Å². The molecule has 0 aliphatic carbocycles. The molecule has 10 heteroatoms. The fourth-order valence-electron chi connectivity index (χ4n) is 2.78. The number of nitrogens with one attached hydrogen (secondary N) is 2. The number of allylic oxidation sites excluding steroid dienone is 1. The maximum Gasteiger partial charge on any atom is 0.253 e. The van der Waals surface area contributed by atoms with Crippen LogP contribution in [0.5, 0.6) is 0 Å². The molecule has 1 amide bonds. The van der Waals surface area contributed by atoms with E-state index in [1.54, 1.807) is 31.2 Å². The molecule has 0 spiro atoms. The Hall–Kier alpha value is -2.81. The normalized spacial score (nSPS) is 12.0. The molecule has 3 rings (SSSR count). The highest BCUT2D eigenvalue weighted by Crippen LogP contribution is 2.23. The van der Waals surface area contributed by atoms with Crippen LogP contribution in [0.3, 0.4) is 0 Å². The molecular weight excluding hydrogens is 479 g/mol. The molecule has 0 radical (unpaired) electrons. The maximum absolute atomic E-state index is 12.5. The Kier molecular flexibility index (Phi) is 8.94. The predicted molar refractivity (Wildman–Crippen MR) is 136 cm³/mol. The number of hydrazone groups is 1. The lowest BCUT2D eigenvalue weighted by atomic mass is 10.2. The molecule has 2 aromatic carbocycles. The Morgan fingerprint density at radius 2 is 2.00 bits per heavy atom. The molecule has 0 saturated heterocycles. The van der Waals surface area contributed by atoms with E-state index in [9.17, 15) is 4.79 Å². The van der Waals surface area contributed by atoms with Crippen molar-refractivity contribution in [3.8, 4) is 0 Å². The molecule has 33 heavy (non-hydrogen) atoms. The fourth-order valence-corrected chi connectivity index (χ4v) is 4.10. The molecule has 3 aromatic rings. The Balaban J connectivity index is 1.61. The van der Waals surface area contributed by atoms with Crippen molar-refractivity contribution >= 4 is 52.8 Å². The number of nitrogens with zero attached hydrogens (tertiary/aromatic N) is 4. The average Bonchev–Trinajstić information content (AvgIpc) is 3.16. The topological polar surface area (TPSA) is 84.2 Å². The van der Waals surface area contributed by atoms with Gasteiger partial charge in [-0.1, -0.05) is 64.8 Å². The number of benzene rings is 2. The van der Waals surface area contributed by atoms with Crippen LogP contribution in [0.4, 0.5) is 5.69 Å². The number of amides is 1. The van der Waals surface area contributed by atoms with Crippen molar-refractivity contribution in [3.63, 3.8) is 0 Å². The van der Waals surface area contributed by atoms with Gasteiger partial charge in [0.15, 0.2) is 11.0 Å².